The third-order valence-electron chi connectivity index (χ3n) is 6.42. The molecular weight excluding hydrogens is 560 g/mol. The summed E-state index contributed by atoms with van der Waals surface area (Å²) in [7, 11) is 0. The van der Waals surface area contributed by atoms with Crippen LogP contribution >= 0.6 is 0 Å². The normalized spacial score (nSPS) is 10.7. The number of hydrogen-bond donors (Lipinski definition) is 2. The van der Waals surface area contributed by atoms with E-state index in [1.54, 1.807) is 12.1 Å². The van der Waals surface area contributed by atoms with Crippen molar-refractivity contribution in [3.05, 3.63) is 118 Å². The smallest absolute Gasteiger partial charge is 0.273 e. The molecule has 0 heterocycles. The van der Waals surface area contributed by atoms with Crippen LogP contribution in [-0.4, -0.2) is 48.0 Å². The summed E-state index contributed by atoms with van der Waals surface area (Å²) in [5.41, 5.74) is 3.64. The van der Waals surface area contributed by atoms with Gasteiger partial charge in [-0.05, 0) is 66.6 Å². The maximum atomic E-state index is 11.3. The van der Waals surface area contributed by atoms with Gasteiger partial charge in [-0.3, -0.25) is 10.1 Å². The summed E-state index contributed by atoms with van der Waals surface area (Å²) in [6.07, 6.45) is 1.19. The van der Waals surface area contributed by atoms with Crippen LogP contribution in [0.2, 0.25) is 0 Å². The second-order valence-electron chi connectivity index (χ2n) is 9.61. The second kappa shape index (κ2) is 17.0. The Kier molecular flexibility index (Phi) is 12.3. The van der Waals surface area contributed by atoms with Crippen molar-refractivity contribution in [2.45, 2.75) is 19.4 Å². The highest BCUT2D eigenvalue weighted by molar-refractivity contribution is 5.58. The van der Waals surface area contributed by atoms with Gasteiger partial charge in [-0.1, -0.05) is 42.2 Å². The third-order valence-corrected chi connectivity index (χ3v) is 6.42. The lowest BCUT2D eigenvalue weighted by Gasteiger charge is -2.22. The van der Waals surface area contributed by atoms with Gasteiger partial charge in [-0.15, -0.1) is 5.11 Å². The van der Waals surface area contributed by atoms with Crippen molar-refractivity contribution in [3.8, 4) is 23.3 Å². The molecule has 0 radical (unpaired) electrons. The SMILES string of the molecule is O=[N+]([O-])c1ccc(N=Nc2ccc(N(CCO)CCO)cc2)c(OCCCC#Cc2ccc(OCc3ccccc3)cc2)c1. The van der Waals surface area contributed by atoms with E-state index in [4.69, 9.17) is 9.47 Å². The Morgan fingerprint density at radius 1 is 0.841 bits per heavy atom. The molecule has 4 rings (SSSR count). The molecule has 0 fully saturated rings. The number of unbranched alkanes of at least 4 members (excludes halogenated alkanes) is 1. The molecule has 0 bridgehead atoms. The van der Waals surface area contributed by atoms with E-state index < -0.39 is 4.92 Å². The van der Waals surface area contributed by atoms with Gasteiger partial charge in [0.2, 0.25) is 0 Å². The molecule has 0 aliphatic carbocycles. The quantitative estimate of drug-likeness (QED) is 0.0522. The first kappa shape index (κ1) is 31.7. The summed E-state index contributed by atoms with van der Waals surface area (Å²) in [5.74, 6) is 7.30. The van der Waals surface area contributed by atoms with Crippen LogP contribution in [0.25, 0.3) is 0 Å². The van der Waals surface area contributed by atoms with Gasteiger partial charge in [-0.25, -0.2) is 0 Å². The summed E-state index contributed by atoms with van der Waals surface area (Å²) in [6, 6.07) is 29.0. The predicted molar refractivity (Wildman–Crippen MR) is 169 cm³/mol. The van der Waals surface area contributed by atoms with Gasteiger partial charge in [0.1, 0.15) is 18.0 Å². The number of non-ortho nitro benzene ring substituents is 1. The fraction of sp³-hybridized carbons (Fsp3) is 0.235. The predicted octanol–water partition coefficient (Wildman–Crippen LogP) is 6.59. The maximum absolute atomic E-state index is 11.3. The number of aliphatic hydroxyl groups is 2. The number of benzene rings is 4. The molecule has 0 aromatic heterocycles. The summed E-state index contributed by atoms with van der Waals surface area (Å²) in [5, 5.41) is 38.4. The van der Waals surface area contributed by atoms with E-state index in [0.29, 0.717) is 50.5 Å². The molecule has 0 unspecified atom stereocenters. The number of nitro groups is 1. The lowest BCUT2D eigenvalue weighted by atomic mass is 10.2. The van der Waals surface area contributed by atoms with Crippen molar-refractivity contribution in [1.29, 1.82) is 0 Å². The Hall–Kier alpha value is -5.24. The number of aliphatic hydroxyl groups excluding tert-OH is 2. The minimum absolute atomic E-state index is 0.0313. The van der Waals surface area contributed by atoms with Gasteiger partial charge >= 0.3 is 0 Å². The molecule has 0 spiro atoms. The maximum Gasteiger partial charge on any atom is 0.273 e. The molecule has 0 aliphatic heterocycles. The highest BCUT2D eigenvalue weighted by atomic mass is 16.6. The molecule has 2 N–H and O–H groups in total. The van der Waals surface area contributed by atoms with Crippen molar-refractivity contribution >= 4 is 22.7 Å². The Morgan fingerprint density at radius 2 is 1.57 bits per heavy atom. The molecule has 4 aromatic rings. The number of anilines is 1. The number of nitro benzene ring substituents is 1. The standard InChI is InChI=1S/C34H34N4O6/c39-22-20-37(21-23-40)30-14-12-29(13-15-30)35-36-33-19-16-31(38(41)42)25-34(33)43-24-6-2-5-7-27-10-17-32(18-11-27)44-26-28-8-3-1-4-9-28/h1,3-4,8-19,25,39-40H,2,6,20-24,26H2. The van der Waals surface area contributed by atoms with E-state index >= 15 is 0 Å². The second-order valence-corrected chi connectivity index (χ2v) is 9.61. The molecule has 10 nitrogen and oxygen atoms in total. The summed E-state index contributed by atoms with van der Waals surface area (Å²) in [4.78, 5) is 12.7. The van der Waals surface area contributed by atoms with Crippen LogP contribution in [-0.2, 0) is 6.61 Å². The molecule has 0 atom stereocenters. The van der Waals surface area contributed by atoms with Gasteiger partial charge in [0.05, 0.1) is 36.5 Å². The Labute approximate surface area is 256 Å². The zero-order valence-corrected chi connectivity index (χ0v) is 24.2. The zero-order valence-electron chi connectivity index (χ0n) is 24.2. The minimum atomic E-state index is -0.486. The fourth-order valence-electron chi connectivity index (χ4n) is 4.15. The monoisotopic (exact) mass is 594 g/mol. The molecule has 0 amide bonds. The Morgan fingerprint density at radius 3 is 2.25 bits per heavy atom. The Balaban J connectivity index is 1.30. The number of nitrogens with zero attached hydrogens (tertiary/aromatic N) is 4. The summed E-state index contributed by atoms with van der Waals surface area (Å²) in [6.45, 7) is 1.53. The number of rotatable bonds is 15. The van der Waals surface area contributed by atoms with E-state index in [9.17, 15) is 20.3 Å². The highest BCUT2D eigenvalue weighted by Gasteiger charge is 2.12. The number of azo groups is 1. The summed E-state index contributed by atoms with van der Waals surface area (Å²) >= 11 is 0. The fourth-order valence-corrected chi connectivity index (χ4v) is 4.15. The average Bonchev–Trinajstić information content (AvgIpc) is 3.05. The first-order valence-corrected chi connectivity index (χ1v) is 14.2. The minimum Gasteiger partial charge on any atom is -0.491 e. The van der Waals surface area contributed by atoms with Crippen LogP contribution in [0.5, 0.6) is 11.5 Å². The van der Waals surface area contributed by atoms with Crippen molar-refractivity contribution in [2.75, 3.05) is 37.8 Å². The zero-order chi connectivity index (χ0) is 31.0. The molecule has 0 aliphatic rings. The Bertz CT molecular complexity index is 1560. The van der Waals surface area contributed by atoms with Gasteiger partial charge < -0.3 is 24.6 Å². The van der Waals surface area contributed by atoms with E-state index in [0.717, 1.165) is 22.6 Å². The van der Waals surface area contributed by atoms with Crippen LogP contribution < -0.4 is 14.4 Å². The molecular formula is C34H34N4O6. The highest BCUT2D eigenvalue weighted by Crippen LogP contribution is 2.33. The van der Waals surface area contributed by atoms with Crippen LogP contribution in [0.15, 0.2) is 107 Å². The molecule has 4 aromatic carbocycles. The van der Waals surface area contributed by atoms with Crippen molar-refractivity contribution in [1.82, 2.24) is 0 Å². The lowest BCUT2D eigenvalue weighted by molar-refractivity contribution is -0.384. The third kappa shape index (κ3) is 9.94. The lowest BCUT2D eigenvalue weighted by Crippen LogP contribution is -2.29. The topological polar surface area (TPSA) is 130 Å². The number of hydrogen-bond acceptors (Lipinski definition) is 9. The molecule has 226 valence electrons. The van der Waals surface area contributed by atoms with Gasteiger partial charge in [0.25, 0.3) is 5.69 Å². The van der Waals surface area contributed by atoms with Crippen molar-refractivity contribution in [2.24, 2.45) is 10.2 Å². The summed E-state index contributed by atoms with van der Waals surface area (Å²) < 4.78 is 11.7. The average molecular weight is 595 g/mol. The van der Waals surface area contributed by atoms with Crippen LogP contribution in [0.1, 0.15) is 24.0 Å². The van der Waals surface area contributed by atoms with Crippen LogP contribution in [0, 0.1) is 22.0 Å². The molecule has 44 heavy (non-hydrogen) atoms. The van der Waals surface area contributed by atoms with Gasteiger partial charge in [0, 0.05) is 36.8 Å². The van der Waals surface area contributed by atoms with Gasteiger partial charge in [0.15, 0.2) is 5.75 Å². The van der Waals surface area contributed by atoms with Crippen LogP contribution in [0.3, 0.4) is 0 Å². The largest absolute Gasteiger partial charge is 0.491 e. The molecule has 0 saturated carbocycles. The molecule has 0 saturated heterocycles. The van der Waals surface area contributed by atoms with E-state index in [2.05, 4.69) is 22.1 Å². The number of ether oxygens (including phenoxy) is 2. The molecule has 10 heteroatoms. The van der Waals surface area contributed by atoms with Crippen molar-refractivity contribution in [3.63, 3.8) is 0 Å². The van der Waals surface area contributed by atoms with E-state index in [1.165, 1.54) is 18.2 Å². The first-order chi connectivity index (χ1) is 21.6. The van der Waals surface area contributed by atoms with E-state index in [-0.39, 0.29) is 24.7 Å². The van der Waals surface area contributed by atoms with Crippen LogP contribution in [0.4, 0.5) is 22.7 Å². The van der Waals surface area contributed by atoms with E-state index in [1.807, 2.05) is 71.6 Å². The van der Waals surface area contributed by atoms with Gasteiger partial charge in [-0.2, -0.15) is 5.11 Å². The van der Waals surface area contributed by atoms with Crippen molar-refractivity contribution < 1.29 is 24.6 Å². The first-order valence-electron chi connectivity index (χ1n) is 14.2.